The summed E-state index contributed by atoms with van der Waals surface area (Å²) in [6.07, 6.45) is -4.42. The van der Waals surface area contributed by atoms with E-state index in [0.717, 1.165) is 6.07 Å². The van der Waals surface area contributed by atoms with Crippen molar-refractivity contribution >= 4 is 15.9 Å². The Morgan fingerprint density at radius 3 is 2.36 bits per heavy atom. The van der Waals surface area contributed by atoms with E-state index in [1.165, 1.54) is 6.07 Å². The van der Waals surface area contributed by atoms with E-state index >= 15 is 0 Å². The molecular formula is C16H18BrF3N2. The van der Waals surface area contributed by atoms with Crippen molar-refractivity contribution in [2.24, 2.45) is 5.92 Å². The van der Waals surface area contributed by atoms with Gasteiger partial charge in [-0.25, -0.2) is 0 Å². The average molecular weight is 375 g/mol. The van der Waals surface area contributed by atoms with Crippen molar-refractivity contribution in [2.75, 3.05) is 13.1 Å². The summed E-state index contributed by atoms with van der Waals surface area (Å²) in [4.78, 5) is 2.08. The first-order valence-corrected chi connectivity index (χ1v) is 7.84. The lowest BCUT2D eigenvalue weighted by molar-refractivity contribution is -0.138. The first-order valence-electron chi connectivity index (χ1n) is 7.05. The molecule has 2 atom stereocenters. The van der Waals surface area contributed by atoms with Crippen molar-refractivity contribution in [2.45, 2.75) is 38.4 Å². The summed E-state index contributed by atoms with van der Waals surface area (Å²) in [7, 11) is 0. The number of hydrogen-bond acceptors (Lipinski definition) is 2. The van der Waals surface area contributed by atoms with Gasteiger partial charge in [-0.15, -0.1) is 0 Å². The largest absolute Gasteiger partial charge is 0.416 e. The molecule has 120 valence electrons. The molecule has 1 heterocycles. The topological polar surface area (TPSA) is 27.0 Å². The van der Waals surface area contributed by atoms with Crippen LogP contribution in [0.1, 0.15) is 37.8 Å². The molecule has 1 fully saturated rings. The van der Waals surface area contributed by atoms with Crippen molar-refractivity contribution in [3.8, 4) is 6.07 Å². The Morgan fingerprint density at radius 2 is 1.86 bits per heavy atom. The number of likely N-dealkylation sites (tertiary alicyclic amines) is 1. The Labute approximate surface area is 137 Å². The Bertz CT molecular complexity index is 599. The Morgan fingerprint density at radius 1 is 1.23 bits per heavy atom. The lowest BCUT2D eigenvalue weighted by Gasteiger charge is -2.31. The maximum Gasteiger partial charge on any atom is 0.416 e. The summed E-state index contributed by atoms with van der Waals surface area (Å²) in [5, 5.41) is 9.36. The zero-order valence-electron chi connectivity index (χ0n) is 12.7. The highest BCUT2D eigenvalue weighted by Gasteiger charge is 2.43. The number of alkyl halides is 3. The van der Waals surface area contributed by atoms with Crippen LogP contribution in [0.3, 0.4) is 0 Å². The first-order chi connectivity index (χ1) is 10.0. The summed E-state index contributed by atoms with van der Waals surface area (Å²) in [6, 6.07) is 6.39. The third kappa shape index (κ3) is 3.47. The van der Waals surface area contributed by atoms with Crippen molar-refractivity contribution in [1.82, 2.24) is 4.90 Å². The van der Waals surface area contributed by atoms with E-state index < -0.39 is 23.6 Å². The molecule has 2 nitrogen and oxygen atoms in total. The molecule has 0 aromatic heterocycles. The van der Waals surface area contributed by atoms with E-state index in [0.29, 0.717) is 17.6 Å². The number of nitriles is 1. The molecular weight excluding hydrogens is 357 g/mol. The fourth-order valence-corrected chi connectivity index (χ4v) is 3.26. The smallest absolute Gasteiger partial charge is 0.297 e. The molecule has 1 aliphatic rings. The highest BCUT2D eigenvalue weighted by Crippen LogP contribution is 2.42. The molecule has 6 heteroatoms. The van der Waals surface area contributed by atoms with Crippen LogP contribution in [0.15, 0.2) is 22.7 Å². The Kier molecular flexibility index (Phi) is 4.61. The number of benzene rings is 1. The summed E-state index contributed by atoms with van der Waals surface area (Å²) < 4.78 is 40.4. The summed E-state index contributed by atoms with van der Waals surface area (Å²) in [6.45, 7) is 6.99. The molecule has 0 aliphatic carbocycles. The molecule has 1 aromatic carbocycles. The number of rotatable bonds is 1. The molecule has 0 unspecified atom stereocenters. The highest BCUT2D eigenvalue weighted by molar-refractivity contribution is 9.10. The zero-order valence-corrected chi connectivity index (χ0v) is 14.3. The van der Waals surface area contributed by atoms with Crippen molar-refractivity contribution < 1.29 is 13.2 Å². The Hall–Kier alpha value is -1.06. The SMILES string of the molecule is CC(C)(C)N1C[C@H](c2ccc(Br)cc2C(F)(F)F)[C@@H](C#N)C1. The highest BCUT2D eigenvalue weighted by atomic mass is 79.9. The minimum atomic E-state index is -4.42. The van der Waals surface area contributed by atoms with E-state index in [4.69, 9.17) is 0 Å². The van der Waals surface area contributed by atoms with Crippen LogP contribution in [0.5, 0.6) is 0 Å². The maximum absolute atomic E-state index is 13.3. The standard InChI is InChI=1S/C16H18BrF3N2/c1-15(2,3)22-8-10(7-21)13(9-22)12-5-4-11(17)6-14(12)16(18,19)20/h4-6,10,13H,8-9H2,1-3H3/t10-,13-/m0/s1. The zero-order chi connectivity index (χ0) is 16.7. The van der Waals surface area contributed by atoms with Gasteiger partial charge in [0.1, 0.15) is 0 Å². The second-order valence-corrected chi connectivity index (χ2v) is 7.56. The van der Waals surface area contributed by atoms with E-state index in [2.05, 4.69) is 26.9 Å². The third-order valence-electron chi connectivity index (χ3n) is 4.15. The van der Waals surface area contributed by atoms with Crippen LogP contribution >= 0.6 is 15.9 Å². The van der Waals surface area contributed by atoms with Crippen molar-refractivity contribution in [3.63, 3.8) is 0 Å². The van der Waals surface area contributed by atoms with Gasteiger partial charge < -0.3 is 0 Å². The number of halogens is 4. The van der Waals surface area contributed by atoms with Gasteiger partial charge in [0, 0.05) is 29.0 Å². The number of nitrogens with zero attached hydrogens (tertiary/aromatic N) is 2. The monoisotopic (exact) mass is 374 g/mol. The van der Waals surface area contributed by atoms with Gasteiger partial charge in [-0.05, 0) is 38.5 Å². The lowest BCUT2D eigenvalue weighted by Crippen LogP contribution is -2.39. The summed E-state index contributed by atoms with van der Waals surface area (Å²) >= 11 is 3.10. The molecule has 0 saturated carbocycles. The Balaban J connectivity index is 2.45. The van der Waals surface area contributed by atoms with Crippen LogP contribution in [0.2, 0.25) is 0 Å². The molecule has 22 heavy (non-hydrogen) atoms. The fourth-order valence-electron chi connectivity index (χ4n) is 2.89. The van der Waals surface area contributed by atoms with Crippen LogP contribution < -0.4 is 0 Å². The third-order valence-corrected chi connectivity index (χ3v) is 4.65. The molecule has 0 radical (unpaired) electrons. The van der Waals surface area contributed by atoms with Crippen molar-refractivity contribution in [1.29, 1.82) is 5.26 Å². The predicted molar refractivity (Wildman–Crippen MR) is 82.3 cm³/mol. The molecule has 0 amide bonds. The van der Waals surface area contributed by atoms with Gasteiger partial charge in [0.25, 0.3) is 0 Å². The quantitative estimate of drug-likeness (QED) is 0.705. The second-order valence-electron chi connectivity index (χ2n) is 6.65. The molecule has 2 rings (SSSR count). The molecule has 0 bridgehead atoms. The van der Waals surface area contributed by atoms with Crippen LogP contribution in [0.25, 0.3) is 0 Å². The van der Waals surface area contributed by atoms with E-state index in [1.54, 1.807) is 6.07 Å². The molecule has 1 aromatic rings. The van der Waals surface area contributed by atoms with Crippen LogP contribution in [0, 0.1) is 17.2 Å². The minimum Gasteiger partial charge on any atom is -0.297 e. The van der Waals surface area contributed by atoms with Crippen LogP contribution in [0.4, 0.5) is 13.2 Å². The average Bonchev–Trinajstić information content (AvgIpc) is 2.81. The predicted octanol–water partition coefficient (Wildman–Crippen LogP) is 4.81. The van der Waals surface area contributed by atoms with E-state index in [9.17, 15) is 18.4 Å². The molecule has 0 spiro atoms. The molecule has 0 N–H and O–H groups in total. The van der Waals surface area contributed by atoms with Crippen LogP contribution in [-0.2, 0) is 6.18 Å². The van der Waals surface area contributed by atoms with Gasteiger partial charge >= 0.3 is 6.18 Å². The summed E-state index contributed by atoms with van der Waals surface area (Å²) in [5.74, 6) is -0.851. The fraction of sp³-hybridized carbons (Fsp3) is 0.562. The maximum atomic E-state index is 13.3. The summed E-state index contributed by atoms with van der Waals surface area (Å²) in [5.41, 5.74) is -0.602. The molecule has 1 aliphatic heterocycles. The van der Waals surface area contributed by atoms with Gasteiger partial charge in [0.2, 0.25) is 0 Å². The van der Waals surface area contributed by atoms with E-state index in [-0.39, 0.29) is 11.1 Å². The van der Waals surface area contributed by atoms with Gasteiger partial charge in [-0.1, -0.05) is 22.0 Å². The van der Waals surface area contributed by atoms with Gasteiger partial charge in [0.15, 0.2) is 0 Å². The van der Waals surface area contributed by atoms with Crippen LogP contribution in [-0.4, -0.2) is 23.5 Å². The molecule has 1 saturated heterocycles. The second kappa shape index (κ2) is 5.86. The normalized spacial score (nSPS) is 23.5. The van der Waals surface area contributed by atoms with Crippen molar-refractivity contribution in [3.05, 3.63) is 33.8 Å². The van der Waals surface area contributed by atoms with Gasteiger partial charge in [0.05, 0.1) is 17.6 Å². The van der Waals surface area contributed by atoms with Gasteiger partial charge in [-0.3, -0.25) is 4.90 Å². The van der Waals surface area contributed by atoms with Gasteiger partial charge in [-0.2, -0.15) is 18.4 Å². The van der Waals surface area contributed by atoms with E-state index in [1.807, 2.05) is 20.8 Å². The first kappa shape index (κ1) is 17.3. The number of hydrogen-bond donors (Lipinski definition) is 0. The minimum absolute atomic E-state index is 0.169. The lowest BCUT2D eigenvalue weighted by atomic mass is 9.86.